The largest absolute Gasteiger partial charge is 0.462 e. The number of carbonyl (C=O) groups excluding carboxylic acids is 3. The molecule has 0 saturated heterocycles. The van der Waals surface area contributed by atoms with Crippen molar-refractivity contribution in [3.8, 4) is 0 Å². The van der Waals surface area contributed by atoms with Gasteiger partial charge in [0.15, 0.2) is 6.10 Å². The molecule has 0 aromatic carbocycles. The van der Waals surface area contributed by atoms with Crippen LogP contribution in [0.25, 0.3) is 0 Å². The van der Waals surface area contributed by atoms with Crippen LogP contribution in [0.3, 0.4) is 0 Å². The summed E-state index contributed by atoms with van der Waals surface area (Å²) in [6.07, 6.45) is 68.5. The van der Waals surface area contributed by atoms with Gasteiger partial charge in [-0.05, 0) is 44.9 Å². The third-order valence-electron chi connectivity index (χ3n) is 14.3. The van der Waals surface area contributed by atoms with Crippen molar-refractivity contribution in [2.24, 2.45) is 0 Å². The first-order valence-corrected chi connectivity index (χ1v) is 31.2. The highest BCUT2D eigenvalue weighted by Gasteiger charge is 2.19. The summed E-state index contributed by atoms with van der Waals surface area (Å²) in [5.74, 6) is -0.859. The molecule has 0 aliphatic heterocycles. The molecule has 6 nitrogen and oxygen atoms in total. The second-order valence-electron chi connectivity index (χ2n) is 21.3. The molecule has 0 fully saturated rings. The maximum Gasteiger partial charge on any atom is 0.306 e. The minimum atomic E-state index is -0.764. The zero-order valence-electron chi connectivity index (χ0n) is 46.9. The molecule has 0 bridgehead atoms. The van der Waals surface area contributed by atoms with E-state index in [1.807, 2.05) is 0 Å². The summed E-state index contributed by atoms with van der Waals surface area (Å²) in [6.45, 7) is 6.61. The first-order chi connectivity index (χ1) is 34.0. The lowest BCUT2D eigenvalue weighted by molar-refractivity contribution is -0.167. The lowest BCUT2D eigenvalue weighted by Gasteiger charge is -2.18. The number of unbranched alkanes of at least 4 members (excludes halogenated alkanes) is 45. The van der Waals surface area contributed by atoms with E-state index in [4.69, 9.17) is 14.2 Å². The smallest absolute Gasteiger partial charge is 0.306 e. The van der Waals surface area contributed by atoms with Crippen LogP contribution in [0.2, 0.25) is 0 Å². The van der Waals surface area contributed by atoms with Gasteiger partial charge in [0.1, 0.15) is 13.2 Å². The van der Waals surface area contributed by atoms with E-state index in [0.29, 0.717) is 19.3 Å². The first kappa shape index (κ1) is 67.1. The summed E-state index contributed by atoms with van der Waals surface area (Å²) in [4.78, 5) is 37.9. The van der Waals surface area contributed by atoms with E-state index in [0.717, 1.165) is 64.2 Å². The van der Waals surface area contributed by atoms with Crippen LogP contribution in [0, 0.1) is 0 Å². The molecule has 0 aromatic heterocycles. The summed E-state index contributed by atoms with van der Waals surface area (Å²) in [5, 5.41) is 0. The fraction of sp³-hybridized carbons (Fsp3) is 0.921. The Bertz CT molecular complexity index is 1070. The number of rotatable bonds is 58. The standard InChI is InChI=1S/C63H120O6/c1-4-7-10-13-15-17-19-21-23-25-27-28-29-30-31-32-33-34-36-37-39-41-43-45-47-50-53-56-62(65)68-59-60(58-67-61(64)55-52-49-12-9-6-3)69-63(66)57-54-51-48-46-44-42-40-38-35-26-24-22-20-18-16-14-11-8-5-2/h22,24,60H,4-21,23,25-59H2,1-3H3/b24-22-. The van der Waals surface area contributed by atoms with Gasteiger partial charge in [-0.3, -0.25) is 14.4 Å². The number of allylic oxidation sites excluding steroid dienone is 2. The van der Waals surface area contributed by atoms with E-state index < -0.39 is 6.10 Å². The van der Waals surface area contributed by atoms with E-state index in [9.17, 15) is 14.4 Å². The molecule has 408 valence electrons. The van der Waals surface area contributed by atoms with Gasteiger partial charge in [0.25, 0.3) is 0 Å². The second-order valence-corrected chi connectivity index (χ2v) is 21.3. The van der Waals surface area contributed by atoms with Crippen molar-refractivity contribution in [1.29, 1.82) is 0 Å². The van der Waals surface area contributed by atoms with Crippen LogP contribution in [-0.4, -0.2) is 37.2 Å². The van der Waals surface area contributed by atoms with Gasteiger partial charge in [0, 0.05) is 19.3 Å². The Morgan fingerprint density at radius 1 is 0.275 bits per heavy atom. The Balaban J connectivity index is 3.96. The highest BCUT2D eigenvalue weighted by Crippen LogP contribution is 2.18. The van der Waals surface area contributed by atoms with Gasteiger partial charge in [-0.1, -0.05) is 303 Å². The summed E-state index contributed by atoms with van der Waals surface area (Å²) >= 11 is 0. The Morgan fingerprint density at radius 2 is 0.478 bits per heavy atom. The topological polar surface area (TPSA) is 78.9 Å². The predicted octanol–water partition coefficient (Wildman–Crippen LogP) is 20.9. The highest BCUT2D eigenvalue weighted by molar-refractivity contribution is 5.71. The molecule has 0 amide bonds. The van der Waals surface area contributed by atoms with Gasteiger partial charge in [-0.25, -0.2) is 0 Å². The van der Waals surface area contributed by atoms with Crippen LogP contribution in [0.15, 0.2) is 12.2 Å². The molecule has 0 radical (unpaired) electrons. The molecule has 0 spiro atoms. The van der Waals surface area contributed by atoms with Crippen molar-refractivity contribution in [3.63, 3.8) is 0 Å². The number of esters is 3. The van der Waals surface area contributed by atoms with E-state index in [1.165, 1.54) is 250 Å². The van der Waals surface area contributed by atoms with Crippen LogP contribution in [0.5, 0.6) is 0 Å². The Hall–Kier alpha value is -1.85. The normalized spacial score (nSPS) is 12.0. The van der Waals surface area contributed by atoms with Crippen molar-refractivity contribution in [2.75, 3.05) is 13.2 Å². The first-order valence-electron chi connectivity index (χ1n) is 31.2. The van der Waals surface area contributed by atoms with E-state index >= 15 is 0 Å². The average Bonchev–Trinajstić information content (AvgIpc) is 3.35. The molecular formula is C63H120O6. The predicted molar refractivity (Wildman–Crippen MR) is 298 cm³/mol. The van der Waals surface area contributed by atoms with Gasteiger partial charge < -0.3 is 14.2 Å². The van der Waals surface area contributed by atoms with E-state index in [1.54, 1.807) is 0 Å². The minimum absolute atomic E-state index is 0.0661. The maximum atomic E-state index is 12.8. The zero-order valence-corrected chi connectivity index (χ0v) is 46.9. The summed E-state index contributed by atoms with van der Waals surface area (Å²) < 4.78 is 16.8. The molecule has 69 heavy (non-hydrogen) atoms. The van der Waals surface area contributed by atoms with Crippen LogP contribution < -0.4 is 0 Å². The van der Waals surface area contributed by atoms with Crippen molar-refractivity contribution in [2.45, 2.75) is 361 Å². The van der Waals surface area contributed by atoms with Crippen molar-refractivity contribution in [3.05, 3.63) is 12.2 Å². The van der Waals surface area contributed by atoms with Crippen molar-refractivity contribution < 1.29 is 28.6 Å². The molecule has 1 unspecified atom stereocenters. The molecule has 0 saturated carbocycles. The molecule has 0 rings (SSSR count). The molecule has 0 heterocycles. The SMILES string of the molecule is CCCCCCCC/C=C\CCCCCCCCCCCC(=O)OC(COC(=O)CCCCCCC)COC(=O)CCCCCCCCCCCCCCCCCCCCCCCCCCCCC. The lowest BCUT2D eigenvalue weighted by atomic mass is 10.0. The van der Waals surface area contributed by atoms with Crippen LogP contribution in [0.4, 0.5) is 0 Å². The summed E-state index contributed by atoms with van der Waals surface area (Å²) in [7, 11) is 0. The number of hydrogen-bond acceptors (Lipinski definition) is 6. The summed E-state index contributed by atoms with van der Waals surface area (Å²) in [6, 6.07) is 0. The molecule has 0 aromatic rings. The van der Waals surface area contributed by atoms with Crippen LogP contribution in [0.1, 0.15) is 355 Å². The molecule has 0 aliphatic carbocycles. The number of hydrogen-bond donors (Lipinski definition) is 0. The monoisotopic (exact) mass is 973 g/mol. The van der Waals surface area contributed by atoms with Crippen molar-refractivity contribution in [1.82, 2.24) is 0 Å². The van der Waals surface area contributed by atoms with Gasteiger partial charge in [0.05, 0.1) is 0 Å². The molecule has 1 atom stereocenters. The molecule has 6 heteroatoms. The third kappa shape index (κ3) is 56.9. The van der Waals surface area contributed by atoms with Gasteiger partial charge in [0.2, 0.25) is 0 Å². The van der Waals surface area contributed by atoms with E-state index in [-0.39, 0.29) is 31.1 Å². The van der Waals surface area contributed by atoms with Gasteiger partial charge >= 0.3 is 17.9 Å². The van der Waals surface area contributed by atoms with Gasteiger partial charge in [-0.2, -0.15) is 0 Å². The number of carbonyl (C=O) groups is 3. The maximum absolute atomic E-state index is 12.8. The molecule has 0 N–H and O–H groups in total. The second kappa shape index (κ2) is 58.7. The highest BCUT2D eigenvalue weighted by atomic mass is 16.6. The average molecular weight is 974 g/mol. The fourth-order valence-electron chi connectivity index (χ4n) is 9.56. The third-order valence-corrected chi connectivity index (χ3v) is 14.3. The lowest BCUT2D eigenvalue weighted by Crippen LogP contribution is -2.30. The molecular weight excluding hydrogens is 853 g/mol. The quantitative estimate of drug-likeness (QED) is 0.0261. The van der Waals surface area contributed by atoms with Crippen LogP contribution >= 0.6 is 0 Å². The summed E-state index contributed by atoms with van der Waals surface area (Å²) in [5.41, 5.74) is 0. The Labute approximate surface area is 431 Å². The minimum Gasteiger partial charge on any atom is -0.462 e. The van der Waals surface area contributed by atoms with Crippen LogP contribution in [-0.2, 0) is 28.6 Å². The van der Waals surface area contributed by atoms with Gasteiger partial charge in [-0.15, -0.1) is 0 Å². The zero-order chi connectivity index (χ0) is 50.0. The van der Waals surface area contributed by atoms with Crippen molar-refractivity contribution >= 4 is 17.9 Å². The fourth-order valence-corrected chi connectivity index (χ4v) is 9.56. The molecule has 0 aliphatic rings. The number of ether oxygens (including phenoxy) is 3. The Kier molecular flexibility index (Phi) is 57.1. The van der Waals surface area contributed by atoms with E-state index in [2.05, 4.69) is 32.9 Å². The Morgan fingerprint density at radius 3 is 0.725 bits per heavy atom.